The first-order valence-electron chi connectivity index (χ1n) is 3.98. The Morgan fingerprint density at radius 1 is 1.36 bits per heavy atom. The number of ether oxygens (including phenoxy) is 2. The van der Waals surface area contributed by atoms with Crippen LogP contribution >= 0.6 is 0 Å². The molecule has 2 rings (SSSR count). The van der Waals surface area contributed by atoms with E-state index in [9.17, 15) is 0 Å². The molecule has 2 aliphatic heterocycles. The maximum Gasteiger partial charge on any atom is 0.109 e. The fourth-order valence-corrected chi connectivity index (χ4v) is 1.51. The highest BCUT2D eigenvalue weighted by atomic mass is 16.5. The second-order valence-electron chi connectivity index (χ2n) is 2.90. The lowest BCUT2D eigenvalue weighted by Gasteiger charge is -2.30. The van der Waals surface area contributed by atoms with E-state index in [2.05, 4.69) is 19.1 Å². The van der Waals surface area contributed by atoms with E-state index >= 15 is 0 Å². The van der Waals surface area contributed by atoms with E-state index in [0.29, 0.717) is 0 Å². The van der Waals surface area contributed by atoms with Gasteiger partial charge in [-0.25, -0.2) is 0 Å². The van der Waals surface area contributed by atoms with Gasteiger partial charge in [-0.05, 0) is 12.5 Å². The monoisotopic (exact) mass is 152 g/mol. The van der Waals surface area contributed by atoms with Gasteiger partial charge >= 0.3 is 0 Å². The molecule has 11 heavy (non-hydrogen) atoms. The minimum Gasteiger partial charge on any atom is -0.371 e. The van der Waals surface area contributed by atoms with Crippen molar-refractivity contribution in [3.8, 4) is 0 Å². The summed E-state index contributed by atoms with van der Waals surface area (Å²) < 4.78 is 10.9. The summed E-state index contributed by atoms with van der Waals surface area (Å²) in [5.74, 6) is 0. The minimum absolute atomic E-state index is 0.175. The summed E-state index contributed by atoms with van der Waals surface area (Å²) in [6.07, 6.45) is 6.64. The van der Waals surface area contributed by atoms with E-state index < -0.39 is 0 Å². The van der Waals surface area contributed by atoms with Gasteiger partial charge in [0.2, 0.25) is 0 Å². The molecule has 0 N–H and O–H groups in total. The molecule has 2 heterocycles. The molecule has 0 spiro atoms. The maximum absolute atomic E-state index is 5.51. The zero-order valence-corrected chi connectivity index (χ0v) is 6.62. The van der Waals surface area contributed by atoms with Crippen LogP contribution < -0.4 is 0 Å². The Hall–Kier alpha value is -0.600. The summed E-state index contributed by atoms with van der Waals surface area (Å²) in [6.45, 7) is 3.49. The quantitative estimate of drug-likeness (QED) is 0.520. The fraction of sp³-hybridized carbons (Fsp3) is 0.556. The summed E-state index contributed by atoms with van der Waals surface area (Å²) in [5.41, 5.74) is 1.27. The van der Waals surface area contributed by atoms with E-state index in [1.165, 1.54) is 5.57 Å². The summed E-state index contributed by atoms with van der Waals surface area (Å²) in [6, 6.07) is 0. The van der Waals surface area contributed by atoms with Crippen LogP contribution in [0.3, 0.4) is 0 Å². The highest BCUT2D eigenvalue weighted by Gasteiger charge is 2.25. The molecule has 0 aliphatic carbocycles. The van der Waals surface area contributed by atoms with Gasteiger partial charge in [-0.2, -0.15) is 0 Å². The van der Waals surface area contributed by atoms with Crippen LogP contribution in [0.2, 0.25) is 0 Å². The summed E-state index contributed by atoms with van der Waals surface area (Å²) in [5, 5.41) is 0. The molecule has 2 aliphatic rings. The topological polar surface area (TPSA) is 18.5 Å². The molecular formula is C9H12O2. The largest absolute Gasteiger partial charge is 0.371 e. The highest BCUT2D eigenvalue weighted by Crippen LogP contribution is 2.22. The maximum atomic E-state index is 5.51. The summed E-state index contributed by atoms with van der Waals surface area (Å²) >= 11 is 0. The van der Waals surface area contributed by atoms with Gasteiger partial charge in [-0.15, -0.1) is 0 Å². The average molecular weight is 152 g/mol. The third kappa shape index (κ3) is 1.24. The van der Waals surface area contributed by atoms with Gasteiger partial charge in [0.1, 0.15) is 6.10 Å². The molecule has 0 aromatic heterocycles. The molecule has 0 aromatic rings. The predicted octanol–water partition coefficient (Wildman–Crippen LogP) is 1.29. The molecule has 2 heteroatoms. The van der Waals surface area contributed by atoms with Crippen molar-refractivity contribution in [2.24, 2.45) is 0 Å². The fourth-order valence-electron chi connectivity index (χ4n) is 1.51. The molecule has 2 nitrogen and oxygen atoms in total. The second-order valence-corrected chi connectivity index (χ2v) is 2.90. The zero-order chi connectivity index (χ0) is 7.68. The van der Waals surface area contributed by atoms with Gasteiger partial charge in [-0.3, -0.25) is 0 Å². The lowest BCUT2D eigenvalue weighted by molar-refractivity contribution is -0.0431. The molecular weight excluding hydrogens is 140 g/mol. The minimum atomic E-state index is 0.175. The van der Waals surface area contributed by atoms with Crippen molar-refractivity contribution in [2.45, 2.75) is 19.1 Å². The standard InChI is InChI=1S/C9H12O2/c1-7-9-8(4-6-10-7)3-2-5-11-9/h2-4,7,9H,5-6H2,1H3/t7-,9+/m0/s1. The normalized spacial score (nSPS) is 36.3. The molecule has 0 aromatic carbocycles. The van der Waals surface area contributed by atoms with Crippen LogP contribution in [0, 0.1) is 0 Å². The Morgan fingerprint density at radius 3 is 3.09 bits per heavy atom. The first-order chi connectivity index (χ1) is 5.38. The van der Waals surface area contributed by atoms with Crippen molar-refractivity contribution in [3.05, 3.63) is 23.8 Å². The first kappa shape index (κ1) is 7.07. The number of fused-ring (bicyclic) bond motifs is 1. The molecule has 60 valence electrons. The van der Waals surface area contributed by atoms with E-state index in [4.69, 9.17) is 9.47 Å². The van der Waals surface area contributed by atoms with Crippen LogP contribution in [0.15, 0.2) is 23.8 Å². The van der Waals surface area contributed by atoms with Crippen molar-refractivity contribution in [3.63, 3.8) is 0 Å². The zero-order valence-electron chi connectivity index (χ0n) is 6.62. The average Bonchev–Trinajstić information content (AvgIpc) is 2.06. The predicted molar refractivity (Wildman–Crippen MR) is 42.4 cm³/mol. The van der Waals surface area contributed by atoms with Gasteiger partial charge < -0.3 is 9.47 Å². The number of hydrogen-bond acceptors (Lipinski definition) is 2. The molecule has 0 amide bonds. The third-order valence-corrected chi connectivity index (χ3v) is 2.12. The van der Waals surface area contributed by atoms with Crippen molar-refractivity contribution >= 4 is 0 Å². The van der Waals surface area contributed by atoms with Gasteiger partial charge in [0.15, 0.2) is 0 Å². The molecule has 0 fully saturated rings. The van der Waals surface area contributed by atoms with Crippen LogP contribution in [0.25, 0.3) is 0 Å². The highest BCUT2D eigenvalue weighted by molar-refractivity contribution is 5.28. The van der Waals surface area contributed by atoms with E-state index in [1.807, 2.05) is 6.08 Å². The molecule has 2 atom stereocenters. The van der Waals surface area contributed by atoms with Crippen molar-refractivity contribution in [1.29, 1.82) is 0 Å². The van der Waals surface area contributed by atoms with E-state index in [-0.39, 0.29) is 12.2 Å². The Kier molecular flexibility index (Phi) is 1.80. The third-order valence-electron chi connectivity index (χ3n) is 2.12. The van der Waals surface area contributed by atoms with Gasteiger partial charge in [-0.1, -0.05) is 18.2 Å². The summed E-state index contributed by atoms with van der Waals surface area (Å²) in [4.78, 5) is 0. The van der Waals surface area contributed by atoms with Gasteiger partial charge in [0.25, 0.3) is 0 Å². The van der Waals surface area contributed by atoms with Crippen molar-refractivity contribution < 1.29 is 9.47 Å². The number of rotatable bonds is 0. The van der Waals surface area contributed by atoms with Crippen LogP contribution in [0.4, 0.5) is 0 Å². The van der Waals surface area contributed by atoms with Crippen LogP contribution in [0.5, 0.6) is 0 Å². The lowest BCUT2D eigenvalue weighted by atomic mass is 10.0. The van der Waals surface area contributed by atoms with Crippen molar-refractivity contribution in [2.75, 3.05) is 13.2 Å². The SMILES string of the molecule is C[C@@H]1OCC=C2C=CCO[C@@H]21. The first-order valence-corrected chi connectivity index (χ1v) is 3.98. The van der Waals surface area contributed by atoms with Crippen LogP contribution in [-0.4, -0.2) is 25.4 Å². The molecule has 0 saturated heterocycles. The summed E-state index contributed by atoms with van der Waals surface area (Å²) in [7, 11) is 0. The Labute approximate surface area is 66.5 Å². The lowest BCUT2D eigenvalue weighted by Crippen LogP contribution is -2.35. The van der Waals surface area contributed by atoms with Gasteiger partial charge in [0.05, 0.1) is 19.3 Å². The van der Waals surface area contributed by atoms with Gasteiger partial charge in [0, 0.05) is 0 Å². The van der Waals surface area contributed by atoms with Crippen LogP contribution in [0.1, 0.15) is 6.92 Å². The smallest absolute Gasteiger partial charge is 0.109 e. The molecule has 0 bridgehead atoms. The molecule has 0 saturated carbocycles. The Balaban J connectivity index is 2.23. The Morgan fingerprint density at radius 2 is 2.27 bits per heavy atom. The van der Waals surface area contributed by atoms with Crippen molar-refractivity contribution in [1.82, 2.24) is 0 Å². The van der Waals surface area contributed by atoms with E-state index in [1.54, 1.807) is 0 Å². The molecule has 0 unspecified atom stereocenters. The number of hydrogen-bond donors (Lipinski definition) is 0. The van der Waals surface area contributed by atoms with Crippen LogP contribution in [-0.2, 0) is 9.47 Å². The molecule has 0 radical (unpaired) electrons. The Bertz CT molecular complexity index is 206. The second kappa shape index (κ2) is 2.80. The van der Waals surface area contributed by atoms with E-state index in [0.717, 1.165) is 13.2 Å².